The predicted molar refractivity (Wildman–Crippen MR) is 110 cm³/mol. The van der Waals surface area contributed by atoms with Gasteiger partial charge in [-0.2, -0.15) is 0 Å². The Labute approximate surface area is 173 Å². The molecular weight excluding hydrogens is 388 g/mol. The number of carbonyl (C=O) groups excluding carboxylic acids is 3. The number of aryl methyl sites for hydroxylation is 1. The quantitative estimate of drug-likeness (QED) is 0.713. The zero-order chi connectivity index (χ0) is 20.4. The molecule has 2 aromatic rings. The van der Waals surface area contributed by atoms with Crippen LogP contribution in [0.25, 0.3) is 6.08 Å². The van der Waals surface area contributed by atoms with Crippen LogP contribution in [0.5, 0.6) is 0 Å². The third-order valence-corrected chi connectivity index (χ3v) is 6.53. The number of amides is 2. The van der Waals surface area contributed by atoms with E-state index in [1.54, 1.807) is 18.2 Å². The van der Waals surface area contributed by atoms with Gasteiger partial charge in [-0.25, -0.2) is 4.90 Å². The molecule has 2 saturated heterocycles. The normalized spacial score (nSPS) is 27.1. The monoisotopic (exact) mass is 406 g/mol. The summed E-state index contributed by atoms with van der Waals surface area (Å²) in [6.07, 6.45) is 3.80. The van der Waals surface area contributed by atoms with E-state index in [4.69, 9.17) is 11.6 Å². The highest BCUT2D eigenvalue weighted by Gasteiger charge is 2.64. The molecule has 2 aromatic carbocycles. The SMILES string of the molecule is CC(=O)[C@H]1[C@H]2C(=O)N(c3cc(Cl)ccc3C)C(=O)[C@H]2[C@H]2c3ccccc3C=CN21. The van der Waals surface area contributed by atoms with Crippen LogP contribution < -0.4 is 4.90 Å². The molecule has 0 saturated carbocycles. The molecule has 2 amide bonds. The van der Waals surface area contributed by atoms with Gasteiger partial charge in [-0.1, -0.05) is 41.9 Å². The van der Waals surface area contributed by atoms with Crippen molar-refractivity contribution >= 4 is 41.0 Å². The van der Waals surface area contributed by atoms with Gasteiger partial charge >= 0.3 is 0 Å². The number of benzene rings is 2. The molecule has 0 aliphatic carbocycles. The van der Waals surface area contributed by atoms with E-state index >= 15 is 0 Å². The second-order valence-electron chi connectivity index (χ2n) is 7.89. The number of Topliss-reactive ketones (excluding diaryl/α,β-unsaturated/α-hetero) is 1. The van der Waals surface area contributed by atoms with Gasteiger partial charge < -0.3 is 4.90 Å². The van der Waals surface area contributed by atoms with E-state index in [0.29, 0.717) is 10.7 Å². The fourth-order valence-electron chi connectivity index (χ4n) is 5.08. The van der Waals surface area contributed by atoms with E-state index in [1.807, 2.05) is 48.4 Å². The van der Waals surface area contributed by atoms with E-state index in [1.165, 1.54) is 11.8 Å². The van der Waals surface area contributed by atoms with E-state index in [9.17, 15) is 14.4 Å². The predicted octanol–water partition coefficient (Wildman–Crippen LogP) is 3.75. The maximum atomic E-state index is 13.6. The second kappa shape index (κ2) is 6.29. The Kier molecular flexibility index (Phi) is 3.93. The summed E-state index contributed by atoms with van der Waals surface area (Å²) in [4.78, 5) is 42.8. The topological polar surface area (TPSA) is 57.7 Å². The first-order valence-electron chi connectivity index (χ1n) is 9.59. The summed E-state index contributed by atoms with van der Waals surface area (Å²) in [6.45, 7) is 3.33. The van der Waals surface area contributed by atoms with Crippen LogP contribution in [0, 0.1) is 18.8 Å². The standard InChI is InChI=1S/C23H19ClN2O3/c1-12-7-8-15(24)11-17(12)26-22(28)18-19(23(26)29)21-16-6-4-3-5-14(16)9-10-25(21)20(18)13(2)27/h3-11,18-21H,1-2H3/t18-,19+,20-,21+/m0/s1. The number of halogens is 1. The zero-order valence-corrected chi connectivity index (χ0v) is 16.8. The number of fused-ring (bicyclic) bond motifs is 5. The van der Waals surface area contributed by atoms with Crippen LogP contribution in [-0.4, -0.2) is 28.5 Å². The van der Waals surface area contributed by atoms with Crippen LogP contribution in [0.1, 0.15) is 29.7 Å². The Bertz CT molecular complexity index is 1110. The molecule has 0 unspecified atom stereocenters. The number of ketones is 1. The summed E-state index contributed by atoms with van der Waals surface area (Å²) in [5.74, 6) is -2.03. The lowest BCUT2D eigenvalue weighted by Gasteiger charge is -2.35. The largest absolute Gasteiger partial charge is 0.359 e. The van der Waals surface area contributed by atoms with Gasteiger partial charge in [0.1, 0.15) is 0 Å². The number of anilines is 1. The summed E-state index contributed by atoms with van der Waals surface area (Å²) in [5, 5.41) is 0.457. The average molecular weight is 407 g/mol. The van der Waals surface area contributed by atoms with Crippen molar-refractivity contribution in [2.24, 2.45) is 11.8 Å². The van der Waals surface area contributed by atoms with Crippen LogP contribution in [0.2, 0.25) is 5.02 Å². The van der Waals surface area contributed by atoms with E-state index in [2.05, 4.69) is 0 Å². The molecule has 4 atom stereocenters. The third-order valence-electron chi connectivity index (χ3n) is 6.29. The van der Waals surface area contributed by atoms with Crippen LogP contribution in [-0.2, 0) is 14.4 Å². The minimum Gasteiger partial charge on any atom is -0.359 e. The highest BCUT2D eigenvalue weighted by atomic mass is 35.5. The molecule has 0 bridgehead atoms. The Hall–Kier alpha value is -2.92. The number of hydrogen-bond acceptors (Lipinski definition) is 4. The molecule has 3 aliphatic heterocycles. The number of nitrogens with zero attached hydrogens (tertiary/aromatic N) is 2. The van der Waals surface area contributed by atoms with Crippen molar-refractivity contribution in [3.05, 3.63) is 70.4 Å². The van der Waals surface area contributed by atoms with Crippen molar-refractivity contribution < 1.29 is 14.4 Å². The minimum atomic E-state index is -0.709. The zero-order valence-electron chi connectivity index (χ0n) is 16.0. The van der Waals surface area contributed by atoms with Crippen LogP contribution in [0.3, 0.4) is 0 Å². The van der Waals surface area contributed by atoms with Crippen LogP contribution >= 0.6 is 11.6 Å². The third kappa shape index (κ3) is 2.43. The van der Waals surface area contributed by atoms with Gasteiger partial charge in [0.2, 0.25) is 11.8 Å². The molecule has 3 heterocycles. The smallest absolute Gasteiger partial charge is 0.240 e. The van der Waals surface area contributed by atoms with Gasteiger partial charge in [0, 0.05) is 11.2 Å². The van der Waals surface area contributed by atoms with Crippen molar-refractivity contribution in [3.63, 3.8) is 0 Å². The molecule has 0 spiro atoms. The van der Waals surface area contributed by atoms with Gasteiger partial charge in [-0.05, 0) is 48.7 Å². The lowest BCUT2D eigenvalue weighted by atomic mass is 9.84. The maximum absolute atomic E-state index is 13.6. The molecule has 29 heavy (non-hydrogen) atoms. The number of carbonyl (C=O) groups is 3. The van der Waals surface area contributed by atoms with Crippen LogP contribution in [0.4, 0.5) is 5.69 Å². The molecule has 0 radical (unpaired) electrons. The Balaban J connectivity index is 1.67. The summed E-state index contributed by atoms with van der Waals surface area (Å²) < 4.78 is 0. The van der Waals surface area contributed by atoms with Gasteiger partial charge in [0.25, 0.3) is 0 Å². The van der Waals surface area contributed by atoms with Gasteiger partial charge in [0.15, 0.2) is 5.78 Å². The van der Waals surface area contributed by atoms with Gasteiger partial charge in [-0.3, -0.25) is 14.4 Å². The van der Waals surface area contributed by atoms with Gasteiger partial charge in [0.05, 0.1) is 29.6 Å². The molecule has 5 rings (SSSR count). The molecule has 3 aliphatic rings. The molecule has 0 aromatic heterocycles. The summed E-state index contributed by atoms with van der Waals surface area (Å²) >= 11 is 6.15. The Morgan fingerprint density at radius 3 is 2.52 bits per heavy atom. The molecule has 2 fully saturated rings. The summed E-state index contributed by atoms with van der Waals surface area (Å²) in [5.41, 5.74) is 3.26. The van der Waals surface area contributed by atoms with E-state index in [0.717, 1.165) is 16.7 Å². The molecule has 6 heteroatoms. The Morgan fingerprint density at radius 1 is 1.03 bits per heavy atom. The first-order chi connectivity index (χ1) is 13.9. The lowest BCUT2D eigenvalue weighted by molar-refractivity contribution is -0.129. The molecule has 5 nitrogen and oxygen atoms in total. The number of hydrogen-bond donors (Lipinski definition) is 0. The van der Waals surface area contributed by atoms with Crippen molar-refractivity contribution in [2.45, 2.75) is 25.9 Å². The highest BCUT2D eigenvalue weighted by Crippen LogP contribution is 2.53. The Morgan fingerprint density at radius 2 is 1.76 bits per heavy atom. The van der Waals surface area contributed by atoms with E-state index in [-0.39, 0.29) is 23.6 Å². The number of rotatable bonds is 2. The van der Waals surface area contributed by atoms with Crippen molar-refractivity contribution in [3.8, 4) is 0 Å². The number of imide groups is 1. The maximum Gasteiger partial charge on any atom is 0.240 e. The van der Waals surface area contributed by atoms with Gasteiger partial charge in [-0.15, -0.1) is 0 Å². The summed E-state index contributed by atoms with van der Waals surface area (Å²) in [7, 11) is 0. The second-order valence-corrected chi connectivity index (χ2v) is 8.32. The van der Waals surface area contributed by atoms with E-state index < -0.39 is 17.9 Å². The first-order valence-corrected chi connectivity index (χ1v) is 9.97. The minimum absolute atomic E-state index is 0.114. The van der Waals surface area contributed by atoms with Crippen molar-refractivity contribution in [2.75, 3.05) is 4.90 Å². The first kappa shape index (κ1) is 18.1. The lowest BCUT2D eigenvalue weighted by Crippen LogP contribution is -2.43. The van der Waals surface area contributed by atoms with Crippen molar-refractivity contribution in [1.29, 1.82) is 0 Å². The fourth-order valence-corrected chi connectivity index (χ4v) is 5.25. The van der Waals surface area contributed by atoms with Crippen LogP contribution in [0.15, 0.2) is 48.7 Å². The highest BCUT2D eigenvalue weighted by molar-refractivity contribution is 6.31. The molecular formula is C23H19ClN2O3. The van der Waals surface area contributed by atoms with Crippen molar-refractivity contribution in [1.82, 2.24) is 4.90 Å². The molecule has 0 N–H and O–H groups in total. The average Bonchev–Trinajstić information content (AvgIpc) is 3.17. The summed E-state index contributed by atoms with van der Waals surface area (Å²) in [6, 6.07) is 12.0. The molecule has 146 valence electrons. The fraction of sp³-hybridized carbons (Fsp3) is 0.261.